The Labute approximate surface area is 151 Å². The van der Waals surface area contributed by atoms with Crippen LogP contribution in [0.15, 0.2) is 30.3 Å². The molecule has 5 nitrogen and oxygen atoms in total. The van der Waals surface area contributed by atoms with Gasteiger partial charge < -0.3 is 24.1 Å². The van der Waals surface area contributed by atoms with E-state index in [1.54, 1.807) is 13.2 Å². The van der Waals surface area contributed by atoms with Gasteiger partial charge in [-0.25, -0.2) is 0 Å². The van der Waals surface area contributed by atoms with Crippen molar-refractivity contribution < 1.29 is 24.1 Å². The molecule has 0 spiro atoms. The molecule has 1 N–H and O–H groups in total. The molecule has 3 aliphatic rings. The SMILES string of the molecule is COc1ccc2c(c1)OC1c3c(cc(O)c4c3OC(C)(C)C=C4)OCC21. The molecule has 26 heavy (non-hydrogen) atoms. The van der Waals surface area contributed by atoms with Gasteiger partial charge in [0.2, 0.25) is 0 Å². The second-order valence-corrected chi connectivity index (χ2v) is 7.45. The maximum Gasteiger partial charge on any atom is 0.142 e. The van der Waals surface area contributed by atoms with E-state index in [1.807, 2.05) is 44.2 Å². The number of hydrogen-bond donors (Lipinski definition) is 1. The van der Waals surface area contributed by atoms with Gasteiger partial charge in [0.05, 0.1) is 30.8 Å². The number of aromatic hydroxyl groups is 1. The first-order valence-corrected chi connectivity index (χ1v) is 8.72. The maximum absolute atomic E-state index is 10.4. The first kappa shape index (κ1) is 15.4. The number of ether oxygens (including phenoxy) is 4. The molecular weight excluding hydrogens is 332 g/mol. The lowest BCUT2D eigenvalue weighted by Gasteiger charge is -2.35. The monoisotopic (exact) mass is 352 g/mol. The van der Waals surface area contributed by atoms with Gasteiger partial charge in [0, 0.05) is 17.7 Å². The van der Waals surface area contributed by atoms with Crippen LogP contribution in [-0.2, 0) is 0 Å². The van der Waals surface area contributed by atoms with Gasteiger partial charge in [-0.1, -0.05) is 6.07 Å². The minimum Gasteiger partial charge on any atom is -0.507 e. The summed E-state index contributed by atoms with van der Waals surface area (Å²) < 4.78 is 23.8. The topological polar surface area (TPSA) is 57.2 Å². The van der Waals surface area contributed by atoms with Crippen molar-refractivity contribution in [3.05, 3.63) is 47.0 Å². The van der Waals surface area contributed by atoms with Crippen molar-refractivity contribution in [2.75, 3.05) is 13.7 Å². The van der Waals surface area contributed by atoms with Crippen LogP contribution in [-0.4, -0.2) is 24.4 Å². The molecule has 3 aliphatic heterocycles. The second kappa shape index (κ2) is 5.10. The zero-order valence-electron chi connectivity index (χ0n) is 14.9. The fraction of sp³-hybridized carbons (Fsp3) is 0.333. The molecule has 2 atom stereocenters. The Balaban J connectivity index is 1.66. The Hall–Kier alpha value is -2.82. The number of methoxy groups -OCH3 is 1. The number of phenols is 1. The van der Waals surface area contributed by atoms with Crippen molar-refractivity contribution in [2.45, 2.75) is 31.5 Å². The van der Waals surface area contributed by atoms with Crippen LogP contribution in [0.5, 0.6) is 28.7 Å². The molecule has 0 saturated carbocycles. The lowest BCUT2D eigenvalue weighted by atomic mass is 9.86. The lowest BCUT2D eigenvalue weighted by Crippen LogP contribution is -2.31. The van der Waals surface area contributed by atoms with Crippen LogP contribution in [0.4, 0.5) is 0 Å². The summed E-state index contributed by atoms with van der Waals surface area (Å²) in [6, 6.07) is 7.54. The number of hydrogen-bond acceptors (Lipinski definition) is 5. The summed E-state index contributed by atoms with van der Waals surface area (Å²) in [5.41, 5.74) is 2.18. The van der Waals surface area contributed by atoms with E-state index >= 15 is 0 Å². The highest BCUT2D eigenvalue weighted by atomic mass is 16.5. The van der Waals surface area contributed by atoms with Gasteiger partial charge in [0.1, 0.15) is 40.5 Å². The highest BCUT2D eigenvalue weighted by Gasteiger charge is 2.44. The molecule has 2 aromatic rings. The van der Waals surface area contributed by atoms with Crippen molar-refractivity contribution in [2.24, 2.45) is 0 Å². The van der Waals surface area contributed by atoms with Gasteiger partial charge in [0.25, 0.3) is 0 Å². The summed E-state index contributed by atoms with van der Waals surface area (Å²) >= 11 is 0. The minimum absolute atomic E-state index is 0.0784. The third-order valence-electron chi connectivity index (χ3n) is 5.26. The molecule has 3 heterocycles. The number of benzene rings is 2. The third-order valence-corrected chi connectivity index (χ3v) is 5.26. The summed E-state index contributed by atoms with van der Waals surface area (Å²) in [4.78, 5) is 0. The van der Waals surface area contributed by atoms with E-state index in [-0.39, 0.29) is 17.8 Å². The predicted octanol–water partition coefficient (Wildman–Crippen LogP) is 4.19. The molecule has 2 aromatic carbocycles. The highest BCUT2D eigenvalue weighted by molar-refractivity contribution is 5.73. The summed E-state index contributed by atoms with van der Waals surface area (Å²) in [5, 5.41) is 10.4. The molecule has 0 bridgehead atoms. The van der Waals surface area contributed by atoms with E-state index in [4.69, 9.17) is 18.9 Å². The van der Waals surface area contributed by atoms with Crippen molar-refractivity contribution in [1.29, 1.82) is 0 Å². The van der Waals surface area contributed by atoms with Gasteiger partial charge >= 0.3 is 0 Å². The lowest BCUT2D eigenvalue weighted by molar-refractivity contribution is 0.116. The van der Waals surface area contributed by atoms with Crippen molar-refractivity contribution in [3.63, 3.8) is 0 Å². The van der Waals surface area contributed by atoms with Crippen LogP contribution in [0.25, 0.3) is 6.08 Å². The number of fused-ring (bicyclic) bond motifs is 7. The van der Waals surface area contributed by atoms with Crippen LogP contribution in [0.1, 0.15) is 42.6 Å². The van der Waals surface area contributed by atoms with Crippen LogP contribution < -0.4 is 18.9 Å². The van der Waals surface area contributed by atoms with Crippen LogP contribution in [0.2, 0.25) is 0 Å². The molecule has 0 aromatic heterocycles. The van der Waals surface area contributed by atoms with Gasteiger partial charge in [-0.2, -0.15) is 0 Å². The Morgan fingerprint density at radius 3 is 2.85 bits per heavy atom. The maximum atomic E-state index is 10.4. The van der Waals surface area contributed by atoms with Crippen molar-refractivity contribution in [3.8, 4) is 28.7 Å². The molecule has 2 unspecified atom stereocenters. The molecule has 5 heteroatoms. The van der Waals surface area contributed by atoms with E-state index in [9.17, 15) is 5.11 Å². The Morgan fingerprint density at radius 2 is 2.04 bits per heavy atom. The molecule has 0 amide bonds. The Morgan fingerprint density at radius 1 is 1.19 bits per heavy atom. The summed E-state index contributed by atoms with van der Waals surface area (Å²) in [5.74, 6) is 3.06. The smallest absolute Gasteiger partial charge is 0.142 e. The van der Waals surface area contributed by atoms with Crippen molar-refractivity contribution in [1.82, 2.24) is 0 Å². The first-order valence-electron chi connectivity index (χ1n) is 8.72. The van der Waals surface area contributed by atoms with E-state index < -0.39 is 5.60 Å². The average molecular weight is 352 g/mol. The van der Waals surface area contributed by atoms with Crippen LogP contribution in [0.3, 0.4) is 0 Å². The molecular formula is C21H20O5. The van der Waals surface area contributed by atoms with Gasteiger partial charge in [-0.15, -0.1) is 0 Å². The van der Waals surface area contributed by atoms with E-state index in [2.05, 4.69) is 0 Å². The number of rotatable bonds is 1. The number of phenolic OH excluding ortho intramolecular Hbond substituents is 1. The van der Waals surface area contributed by atoms with E-state index in [1.165, 1.54) is 0 Å². The second-order valence-electron chi connectivity index (χ2n) is 7.45. The fourth-order valence-corrected chi connectivity index (χ4v) is 3.94. The van der Waals surface area contributed by atoms with E-state index in [0.717, 1.165) is 22.6 Å². The predicted molar refractivity (Wildman–Crippen MR) is 96.4 cm³/mol. The molecule has 0 aliphatic carbocycles. The summed E-state index contributed by atoms with van der Waals surface area (Å²) in [7, 11) is 1.64. The largest absolute Gasteiger partial charge is 0.507 e. The molecule has 134 valence electrons. The Bertz CT molecular complexity index is 944. The zero-order chi connectivity index (χ0) is 18.1. The molecule has 5 rings (SSSR count). The first-order chi connectivity index (χ1) is 12.5. The zero-order valence-corrected chi connectivity index (χ0v) is 14.9. The van der Waals surface area contributed by atoms with Gasteiger partial charge in [-0.05, 0) is 32.1 Å². The van der Waals surface area contributed by atoms with Crippen molar-refractivity contribution >= 4 is 6.08 Å². The third kappa shape index (κ3) is 2.09. The normalized spacial score (nSPS) is 23.5. The van der Waals surface area contributed by atoms with Crippen LogP contribution in [0, 0.1) is 0 Å². The van der Waals surface area contributed by atoms with E-state index in [0.29, 0.717) is 23.7 Å². The molecule has 0 fully saturated rings. The minimum atomic E-state index is -0.462. The molecule has 0 saturated heterocycles. The standard InChI is InChI=1S/C21H20O5/c1-21(2)7-6-13-15(22)9-17-18(20(13)26-21)19-14(10-24-17)12-5-4-11(23-3)8-16(12)25-19/h4-9,14,19,22H,10H2,1-3H3. The highest BCUT2D eigenvalue weighted by Crippen LogP contribution is 2.57. The fourth-order valence-electron chi connectivity index (χ4n) is 3.94. The molecule has 0 radical (unpaired) electrons. The average Bonchev–Trinajstić information content (AvgIpc) is 2.97. The summed E-state index contributed by atoms with van der Waals surface area (Å²) in [6.07, 6.45) is 3.64. The van der Waals surface area contributed by atoms with Gasteiger partial charge in [-0.3, -0.25) is 0 Å². The quantitative estimate of drug-likeness (QED) is 0.834. The Kier molecular flexibility index (Phi) is 3.03. The van der Waals surface area contributed by atoms with Crippen LogP contribution >= 0.6 is 0 Å². The summed E-state index contributed by atoms with van der Waals surface area (Å²) in [6.45, 7) is 4.47. The van der Waals surface area contributed by atoms with Gasteiger partial charge in [0.15, 0.2) is 0 Å².